The van der Waals surface area contributed by atoms with Crippen molar-refractivity contribution in [2.24, 2.45) is 0 Å². The lowest BCUT2D eigenvalue weighted by molar-refractivity contribution is -0.384. The Kier molecular flexibility index (Phi) is 5.74. The monoisotopic (exact) mass is 252 g/mol. The predicted octanol–water partition coefficient (Wildman–Crippen LogP) is 2.41. The Bertz CT molecular complexity index is 396. The summed E-state index contributed by atoms with van der Waals surface area (Å²) in [6.07, 6.45) is 1.85. The van der Waals surface area contributed by atoms with Crippen LogP contribution in [0, 0.1) is 10.1 Å². The summed E-state index contributed by atoms with van der Waals surface area (Å²) in [5.74, 6) is 0. The van der Waals surface area contributed by atoms with Crippen LogP contribution in [0.4, 0.5) is 5.69 Å². The smallest absolute Gasteiger partial charge is 0.269 e. The molecule has 0 aliphatic heterocycles. The van der Waals surface area contributed by atoms with Crippen LogP contribution in [0.2, 0.25) is 0 Å². The van der Waals surface area contributed by atoms with Gasteiger partial charge in [0.15, 0.2) is 0 Å². The number of nitrogens with one attached hydrogen (secondary N) is 1. The topological polar surface area (TPSA) is 75.4 Å². The Morgan fingerprint density at radius 2 is 2.22 bits per heavy atom. The van der Waals surface area contributed by atoms with Crippen molar-refractivity contribution in [3.05, 3.63) is 39.9 Å². The second-order valence-corrected chi connectivity index (χ2v) is 4.44. The van der Waals surface area contributed by atoms with E-state index in [0.29, 0.717) is 0 Å². The minimum absolute atomic E-state index is 0.0270. The molecule has 1 aromatic rings. The first kappa shape index (κ1) is 14.6. The average Bonchev–Trinajstić information content (AvgIpc) is 2.38. The van der Waals surface area contributed by atoms with Crippen molar-refractivity contribution >= 4 is 5.69 Å². The summed E-state index contributed by atoms with van der Waals surface area (Å²) in [4.78, 5) is 10.4. The number of aliphatic hydroxyl groups is 1. The molecular formula is C13H20N2O3. The highest BCUT2D eigenvalue weighted by Crippen LogP contribution is 2.23. The average molecular weight is 252 g/mol. The Morgan fingerprint density at radius 3 is 2.78 bits per heavy atom. The van der Waals surface area contributed by atoms with Gasteiger partial charge in [0.05, 0.1) is 11.5 Å². The third-order valence-corrected chi connectivity index (χ3v) is 2.82. The van der Waals surface area contributed by atoms with Crippen molar-refractivity contribution in [1.82, 2.24) is 5.32 Å². The van der Waals surface area contributed by atoms with Gasteiger partial charge < -0.3 is 10.4 Å². The van der Waals surface area contributed by atoms with Crippen molar-refractivity contribution in [1.29, 1.82) is 0 Å². The summed E-state index contributed by atoms with van der Waals surface area (Å²) in [5.41, 5.74) is 0.999. The number of benzene rings is 1. The van der Waals surface area contributed by atoms with Crippen LogP contribution in [0.15, 0.2) is 24.3 Å². The van der Waals surface area contributed by atoms with Gasteiger partial charge in [0.25, 0.3) is 5.69 Å². The molecule has 18 heavy (non-hydrogen) atoms. The van der Waals surface area contributed by atoms with Gasteiger partial charge >= 0.3 is 0 Å². The van der Waals surface area contributed by atoms with E-state index in [-0.39, 0.29) is 29.3 Å². The molecule has 1 unspecified atom stereocenters. The molecule has 0 spiro atoms. The number of nitro groups is 1. The van der Waals surface area contributed by atoms with Gasteiger partial charge in [0.1, 0.15) is 0 Å². The zero-order valence-electron chi connectivity index (χ0n) is 10.8. The molecule has 0 saturated heterocycles. The zero-order chi connectivity index (χ0) is 13.5. The molecule has 5 nitrogen and oxygen atoms in total. The van der Waals surface area contributed by atoms with Crippen LogP contribution in [0.1, 0.15) is 38.3 Å². The first-order valence-electron chi connectivity index (χ1n) is 6.19. The Labute approximate surface area is 107 Å². The zero-order valence-corrected chi connectivity index (χ0v) is 10.8. The van der Waals surface area contributed by atoms with Crippen LogP contribution < -0.4 is 5.32 Å². The highest BCUT2D eigenvalue weighted by Gasteiger charge is 2.15. The minimum Gasteiger partial charge on any atom is -0.395 e. The van der Waals surface area contributed by atoms with E-state index in [1.807, 2.05) is 13.0 Å². The van der Waals surface area contributed by atoms with Gasteiger partial charge in [-0.05, 0) is 18.9 Å². The Morgan fingerprint density at radius 1 is 1.50 bits per heavy atom. The van der Waals surface area contributed by atoms with Crippen molar-refractivity contribution in [3.8, 4) is 0 Å². The maximum absolute atomic E-state index is 10.8. The molecule has 0 aromatic heterocycles. The fraction of sp³-hybridized carbons (Fsp3) is 0.538. The molecule has 1 aromatic carbocycles. The number of non-ortho nitro benzene ring substituents is 1. The number of nitrogens with zero attached hydrogens (tertiary/aromatic N) is 1. The van der Waals surface area contributed by atoms with Gasteiger partial charge in [-0.15, -0.1) is 0 Å². The van der Waals surface area contributed by atoms with E-state index in [0.717, 1.165) is 18.4 Å². The predicted molar refractivity (Wildman–Crippen MR) is 70.4 cm³/mol. The Hall–Kier alpha value is -1.46. The molecule has 0 saturated carbocycles. The summed E-state index contributed by atoms with van der Waals surface area (Å²) in [6, 6.07) is 6.67. The SMILES string of the molecule is CCCC(N[C@H](C)CO)c1cccc([N+](=O)[O-])c1. The van der Waals surface area contributed by atoms with Crippen molar-refractivity contribution in [2.75, 3.05) is 6.61 Å². The van der Waals surface area contributed by atoms with Gasteiger partial charge in [0, 0.05) is 24.2 Å². The van der Waals surface area contributed by atoms with Crippen molar-refractivity contribution < 1.29 is 10.0 Å². The van der Waals surface area contributed by atoms with Crippen LogP contribution in [-0.4, -0.2) is 22.7 Å². The van der Waals surface area contributed by atoms with Crippen molar-refractivity contribution in [3.63, 3.8) is 0 Å². The van der Waals surface area contributed by atoms with Gasteiger partial charge in [-0.1, -0.05) is 25.5 Å². The summed E-state index contributed by atoms with van der Waals surface area (Å²) >= 11 is 0. The van der Waals surface area contributed by atoms with Crippen LogP contribution in [0.5, 0.6) is 0 Å². The minimum atomic E-state index is -0.387. The molecule has 0 aliphatic carbocycles. The molecular weight excluding hydrogens is 232 g/mol. The first-order chi connectivity index (χ1) is 8.58. The molecule has 0 bridgehead atoms. The van der Waals surface area contributed by atoms with E-state index in [2.05, 4.69) is 12.2 Å². The second-order valence-electron chi connectivity index (χ2n) is 4.44. The Balaban J connectivity index is 2.90. The molecule has 5 heteroatoms. The third kappa shape index (κ3) is 4.09. The summed E-state index contributed by atoms with van der Waals surface area (Å²) in [6.45, 7) is 4.00. The van der Waals surface area contributed by atoms with E-state index in [1.54, 1.807) is 12.1 Å². The number of aliphatic hydroxyl groups excluding tert-OH is 1. The van der Waals surface area contributed by atoms with Gasteiger partial charge in [0.2, 0.25) is 0 Å². The molecule has 0 amide bonds. The quantitative estimate of drug-likeness (QED) is 0.577. The van der Waals surface area contributed by atoms with Crippen LogP contribution in [-0.2, 0) is 0 Å². The molecule has 0 heterocycles. The molecule has 1 rings (SSSR count). The fourth-order valence-corrected chi connectivity index (χ4v) is 1.89. The fourth-order valence-electron chi connectivity index (χ4n) is 1.89. The maximum Gasteiger partial charge on any atom is 0.269 e. The summed E-state index contributed by atoms with van der Waals surface area (Å²) < 4.78 is 0. The lowest BCUT2D eigenvalue weighted by Crippen LogP contribution is -2.33. The molecule has 0 aliphatic rings. The van der Waals surface area contributed by atoms with Crippen molar-refractivity contribution in [2.45, 2.75) is 38.8 Å². The standard InChI is InChI=1S/C13H20N2O3/c1-3-5-13(14-10(2)9-16)11-6-4-7-12(8-11)15(17)18/h4,6-8,10,13-14,16H,3,5,9H2,1-2H3/t10-,13?/m1/s1. The lowest BCUT2D eigenvalue weighted by Gasteiger charge is -2.22. The summed E-state index contributed by atoms with van der Waals surface area (Å²) in [5, 5.41) is 23.1. The maximum atomic E-state index is 10.8. The first-order valence-corrected chi connectivity index (χ1v) is 6.19. The summed E-state index contributed by atoms with van der Waals surface area (Å²) in [7, 11) is 0. The molecule has 0 radical (unpaired) electrons. The third-order valence-electron chi connectivity index (χ3n) is 2.82. The highest BCUT2D eigenvalue weighted by atomic mass is 16.6. The van der Waals surface area contributed by atoms with Crippen LogP contribution in [0.25, 0.3) is 0 Å². The van der Waals surface area contributed by atoms with E-state index >= 15 is 0 Å². The molecule has 2 N–H and O–H groups in total. The number of nitro benzene ring substituents is 1. The highest BCUT2D eigenvalue weighted by molar-refractivity contribution is 5.35. The van der Waals surface area contributed by atoms with E-state index < -0.39 is 0 Å². The van der Waals surface area contributed by atoms with E-state index in [1.165, 1.54) is 6.07 Å². The molecule has 0 fully saturated rings. The van der Waals surface area contributed by atoms with Crippen LogP contribution in [0.3, 0.4) is 0 Å². The second kappa shape index (κ2) is 7.08. The van der Waals surface area contributed by atoms with E-state index in [9.17, 15) is 10.1 Å². The normalized spacial score (nSPS) is 14.2. The van der Waals surface area contributed by atoms with Gasteiger partial charge in [-0.3, -0.25) is 10.1 Å². The number of hydrogen-bond acceptors (Lipinski definition) is 4. The number of rotatable bonds is 7. The van der Waals surface area contributed by atoms with Gasteiger partial charge in [-0.25, -0.2) is 0 Å². The molecule has 2 atom stereocenters. The van der Waals surface area contributed by atoms with Crippen LogP contribution >= 0.6 is 0 Å². The lowest BCUT2D eigenvalue weighted by atomic mass is 10.0. The number of hydrogen-bond donors (Lipinski definition) is 2. The molecule has 100 valence electrons. The van der Waals surface area contributed by atoms with Gasteiger partial charge in [-0.2, -0.15) is 0 Å². The van der Waals surface area contributed by atoms with E-state index in [4.69, 9.17) is 5.11 Å². The largest absolute Gasteiger partial charge is 0.395 e.